The second-order valence-corrected chi connectivity index (χ2v) is 9.94. The summed E-state index contributed by atoms with van der Waals surface area (Å²) in [6.45, 7) is 6.08. The molecule has 2 nitrogen and oxygen atoms in total. The normalized spacial score (nSPS) is 26.6. The summed E-state index contributed by atoms with van der Waals surface area (Å²) in [6.07, 6.45) is 3.59. The number of carbonyl (C=O) groups excluding carboxylic acids is 1. The highest BCUT2D eigenvalue weighted by Gasteiger charge is 2.50. The van der Waals surface area contributed by atoms with Crippen molar-refractivity contribution in [3.63, 3.8) is 0 Å². The quantitative estimate of drug-likeness (QED) is 0.785. The fourth-order valence-corrected chi connectivity index (χ4v) is 8.55. The van der Waals surface area contributed by atoms with Crippen LogP contribution >= 0.6 is 0 Å². The lowest BCUT2D eigenvalue weighted by atomic mass is 10.1. The lowest BCUT2D eigenvalue weighted by Gasteiger charge is -2.33. The predicted octanol–water partition coefficient (Wildman–Crippen LogP) is 3.61. The molecule has 104 valence electrons. The Morgan fingerprint density at radius 3 is 2.63 bits per heavy atom. The third kappa shape index (κ3) is 3.08. The van der Waals surface area contributed by atoms with Gasteiger partial charge in [0.05, 0.1) is 0 Å². The Labute approximate surface area is 117 Å². The molecule has 2 rings (SSSR count). The summed E-state index contributed by atoms with van der Waals surface area (Å²) in [5, 5.41) is 1.30. The summed E-state index contributed by atoms with van der Waals surface area (Å²) in [7, 11) is -2.11. The highest BCUT2D eigenvalue weighted by Crippen LogP contribution is 2.44. The lowest BCUT2D eigenvalue weighted by molar-refractivity contribution is -0.132. The number of benzene rings is 1. The molecular weight excluding hydrogens is 252 g/mol. The lowest BCUT2D eigenvalue weighted by Crippen LogP contribution is -2.53. The summed E-state index contributed by atoms with van der Waals surface area (Å²) in [5.41, 5.74) is 0.582. The van der Waals surface area contributed by atoms with E-state index in [-0.39, 0.29) is 5.97 Å². The van der Waals surface area contributed by atoms with E-state index >= 15 is 0 Å². The zero-order valence-corrected chi connectivity index (χ0v) is 13.2. The van der Waals surface area contributed by atoms with Crippen molar-refractivity contribution in [2.75, 3.05) is 0 Å². The van der Waals surface area contributed by atoms with Crippen LogP contribution in [0, 0.1) is 5.92 Å². The Balaban J connectivity index is 2.36. The van der Waals surface area contributed by atoms with Crippen LogP contribution in [0.3, 0.4) is 0 Å². The van der Waals surface area contributed by atoms with Crippen molar-refractivity contribution in [1.29, 1.82) is 0 Å². The van der Waals surface area contributed by atoms with Gasteiger partial charge in [-0.3, -0.25) is 4.79 Å². The third-order valence-corrected chi connectivity index (χ3v) is 9.01. The van der Waals surface area contributed by atoms with E-state index < -0.39 is 8.32 Å². The first-order valence-corrected chi connectivity index (χ1v) is 9.49. The maximum Gasteiger partial charge on any atom is 0.289 e. The summed E-state index contributed by atoms with van der Waals surface area (Å²) in [5.74, 6) is 0.556. The molecule has 1 aromatic rings. The fourth-order valence-electron chi connectivity index (χ4n) is 3.48. The fraction of sp³-hybridized carbons (Fsp3) is 0.562. The van der Waals surface area contributed by atoms with Gasteiger partial charge in [0.15, 0.2) is 0 Å². The van der Waals surface area contributed by atoms with Crippen LogP contribution < -0.4 is 5.19 Å². The van der Waals surface area contributed by atoms with Crippen molar-refractivity contribution in [1.82, 2.24) is 0 Å². The van der Waals surface area contributed by atoms with Gasteiger partial charge in [-0.1, -0.05) is 50.6 Å². The molecule has 1 unspecified atom stereocenters. The first kappa shape index (κ1) is 14.3. The number of carbonyl (C=O) groups is 1. The van der Waals surface area contributed by atoms with E-state index in [9.17, 15) is 4.79 Å². The molecule has 0 saturated carbocycles. The predicted molar refractivity (Wildman–Crippen MR) is 80.8 cm³/mol. The van der Waals surface area contributed by atoms with Crippen molar-refractivity contribution >= 4 is 19.5 Å². The van der Waals surface area contributed by atoms with Crippen LogP contribution in [0.5, 0.6) is 0 Å². The Kier molecular flexibility index (Phi) is 4.45. The van der Waals surface area contributed by atoms with Gasteiger partial charge >= 0.3 is 0 Å². The minimum atomic E-state index is -2.11. The Morgan fingerprint density at radius 2 is 2.05 bits per heavy atom. The number of hydrogen-bond acceptors (Lipinski definition) is 2. The Bertz CT molecular complexity index is 430. The minimum Gasteiger partial charge on any atom is -0.514 e. The molecule has 0 spiro atoms. The van der Waals surface area contributed by atoms with E-state index in [4.69, 9.17) is 4.43 Å². The third-order valence-electron chi connectivity index (χ3n) is 4.10. The van der Waals surface area contributed by atoms with Gasteiger partial charge in [0, 0.05) is 6.92 Å². The topological polar surface area (TPSA) is 26.3 Å². The van der Waals surface area contributed by atoms with Gasteiger partial charge < -0.3 is 4.43 Å². The van der Waals surface area contributed by atoms with E-state index in [1.54, 1.807) is 6.92 Å². The highest BCUT2D eigenvalue weighted by molar-refractivity contribution is 6.89. The van der Waals surface area contributed by atoms with Crippen LogP contribution in [-0.4, -0.2) is 14.3 Å². The largest absolute Gasteiger partial charge is 0.514 e. The molecule has 0 amide bonds. The molecular formula is C16H24O2Si. The van der Waals surface area contributed by atoms with Crippen LogP contribution in [0.25, 0.3) is 0 Å². The van der Waals surface area contributed by atoms with Crippen molar-refractivity contribution < 1.29 is 9.22 Å². The molecule has 0 aromatic heterocycles. The van der Waals surface area contributed by atoms with Crippen LogP contribution in [0.1, 0.15) is 40.0 Å². The average molecular weight is 276 g/mol. The van der Waals surface area contributed by atoms with Gasteiger partial charge in [0.1, 0.15) is 0 Å². The zero-order chi connectivity index (χ0) is 13.9. The number of rotatable bonds is 4. The molecule has 3 heteroatoms. The second kappa shape index (κ2) is 5.91. The smallest absolute Gasteiger partial charge is 0.289 e. The van der Waals surface area contributed by atoms with Gasteiger partial charge in [-0.15, -0.1) is 0 Å². The molecule has 1 aliphatic rings. The molecule has 0 N–H and O–H groups in total. The summed E-state index contributed by atoms with van der Waals surface area (Å²) in [6, 6.07) is 11.6. The Morgan fingerprint density at radius 1 is 1.37 bits per heavy atom. The monoisotopic (exact) mass is 276 g/mol. The summed E-state index contributed by atoms with van der Waals surface area (Å²) in [4.78, 5) is 11.6. The highest BCUT2D eigenvalue weighted by atomic mass is 28.4. The molecule has 1 aromatic carbocycles. The average Bonchev–Trinajstić information content (AvgIpc) is 2.73. The van der Waals surface area contributed by atoms with E-state index in [2.05, 4.69) is 38.1 Å². The molecule has 0 bridgehead atoms. The van der Waals surface area contributed by atoms with E-state index in [1.807, 2.05) is 6.07 Å². The van der Waals surface area contributed by atoms with E-state index in [0.717, 1.165) is 6.04 Å². The molecule has 0 radical (unpaired) electrons. The molecule has 19 heavy (non-hydrogen) atoms. The molecule has 1 fully saturated rings. The van der Waals surface area contributed by atoms with Gasteiger partial charge in [0.2, 0.25) is 0 Å². The van der Waals surface area contributed by atoms with E-state index in [1.165, 1.54) is 24.4 Å². The van der Waals surface area contributed by atoms with Crippen molar-refractivity contribution in [2.24, 2.45) is 5.92 Å². The van der Waals surface area contributed by atoms with Gasteiger partial charge in [-0.25, -0.2) is 0 Å². The molecule has 0 aliphatic carbocycles. The first-order valence-electron chi connectivity index (χ1n) is 7.29. The SMILES string of the molecule is CC(=O)O[Si]1(c2ccccc2)CCC[C@@H]1CC(C)C. The van der Waals surface area contributed by atoms with Crippen molar-refractivity contribution in [2.45, 2.75) is 51.6 Å². The van der Waals surface area contributed by atoms with E-state index in [0.29, 0.717) is 11.5 Å². The van der Waals surface area contributed by atoms with Crippen molar-refractivity contribution in [3.8, 4) is 0 Å². The first-order chi connectivity index (χ1) is 9.04. The zero-order valence-electron chi connectivity index (χ0n) is 12.2. The Hall–Kier alpha value is -1.09. The molecule has 1 aliphatic heterocycles. The maximum absolute atomic E-state index is 11.6. The summed E-state index contributed by atoms with van der Waals surface area (Å²) >= 11 is 0. The molecule has 1 saturated heterocycles. The van der Waals surface area contributed by atoms with Gasteiger partial charge in [-0.2, -0.15) is 0 Å². The number of hydrogen-bond donors (Lipinski definition) is 0. The minimum absolute atomic E-state index is 0.105. The van der Waals surface area contributed by atoms with Crippen LogP contribution in [0.15, 0.2) is 30.3 Å². The van der Waals surface area contributed by atoms with Gasteiger partial charge in [0.25, 0.3) is 14.3 Å². The molecule has 2 atom stereocenters. The molecule has 1 heterocycles. The standard InChI is InChI=1S/C16H24O2Si/c1-13(2)12-16-10-7-11-19(16,18-14(3)17)15-8-5-4-6-9-15/h4-6,8-9,13,16H,7,10-12H2,1-3H3/t16-,19?/m1/s1. The van der Waals surface area contributed by atoms with Crippen LogP contribution in [-0.2, 0) is 9.22 Å². The maximum atomic E-state index is 11.6. The van der Waals surface area contributed by atoms with Crippen LogP contribution in [0.4, 0.5) is 0 Å². The van der Waals surface area contributed by atoms with Crippen molar-refractivity contribution in [3.05, 3.63) is 30.3 Å². The van der Waals surface area contributed by atoms with Gasteiger partial charge in [-0.05, 0) is 35.5 Å². The second-order valence-electron chi connectivity index (χ2n) is 6.07. The summed E-state index contributed by atoms with van der Waals surface area (Å²) < 4.78 is 6.00. The van der Waals surface area contributed by atoms with Crippen LogP contribution in [0.2, 0.25) is 11.6 Å².